The van der Waals surface area contributed by atoms with Crippen molar-refractivity contribution in [2.24, 2.45) is 5.41 Å². The molecule has 0 fully saturated rings. The van der Waals surface area contributed by atoms with E-state index in [0.717, 1.165) is 0 Å². The lowest BCUT2D eigenvalue weighted by atomic mass is 9.88. The van der Waals surface area contributed by atoms with E-state index in [4.69, 9.17) is 14.2 Å². The predicted octanol–water partition coefficient (Wildman–Crippen LogP) is 2.37. The first-order valence-electron chi connectivity index (χ1n) is 6.14. The molecule has 0 N–H and O–H groups in total. The van der Waals surface area contributed by atoms with Crippen LogP contribution in [0.25, 0.3) is 0 Å². The molecule has 0 aliphatic heterocycles. The minimum absolute atomic E-state index is 0.104. The van der Waals surface area contributed by atoms with Crippen LogP contribution in [0.3, 0.4) is 0 Å². The molecule has 0 amide bonds. The van der Waals surface area contributed by atoms with Gasteiger partial charge in [0.25, 0.3) is 0 Å². The zero-order chi connectivity index (χ0) is 15.2. The first kappa shape index (κ1) is 15.8. The second kappa shape index (κ2) is 6.75. The van der Waals surface area contributed by atoms with Crippen LogP contribution in [0.4, 0.5) is 0 Å². The monoisotopic (exact) mass is 277 g/mol. The Bertz CT molecular complexity index is 499. The molecule has 1 rings (SSSR count). The Morgan fingerprint density at radius 2 is 1.80 bits per heavy atom. The molecule has 6 nitrogen and oxygen atoms in total. The fourth-order valence-corrected chi connectivity index (χ4v) is 1.42. The number of allylic oxidation sites excluding steroid dienone is 1. The van der Waals surface area contributed by atoms with Crippen molar-refractivity contribution in [2.75, 3.05) is 14.2 Å². The molecule has 1 aromatic heterocycles. The second-order valence-corrected chi connectivity index (χ2v) is 4.63. The Hall–Kier alpha value is -2.29. The topological polar surface area (TPSA) is 77.3 Å². The minimum atomic E-state index is -0.716. The van der Waals surface area contributed by atoms with E-state index >= 15 is 0 Å². The van der Waals surface area contributed by atoms with Crippen molar-refractivity contribution >= 4 is 0 Å². The van der Waals surface area contributed by atoms with Gasteiger partial charge < -0.3 is 14.2 Å². The largest absolute Gasteiger partial charge is 0.481 e. The van der Waals surface area contributed by atoms with Gasteiger partial charge in [0.05, 0.1) is 31.8 Å². The Morgan fingerprint density at radius 1 is 1.25 bits per heavy atom. The summed E-state index contributed by atoms with van der Waals surface area (Å²) in [5.41, 5.74) is -0.716. The fraction of sp³-hybridized carbons (Fsp3) is 0.500. The summed E-state index contributed by atoms with van der Waals surface area (Å²) in [6, 6.07) is 3.86. The van der Waals surface area contributed by atoms with E-state index in [0.29, 0.717) is 11.8 Å². The highest BCUT2D eigenvalue weighted by Gasteiger charge is 2.30. The van der Waals surface area contributed by atoms with Crippen LogP contribution in [0.1, 0.15) is 20.8 Å². The quantitative estimate of drug-likeness (QED) is 0.743. The highest BCUT2D eigenvalue weighted by Crippen LogP contribution is 2.26. The van der Waals surface area contributed by atoms with E-state index in [9.17, 15) is 5.26 Å². The maximum Gasteiger partial charge on any atom is 0.323 e. The van der Waals surface area contributed by atoms with Crippen LogP contribution in [0.15, 0.2) is 18.2 Å². The SMILES string of the molecule is CC=CC(Oc1nc(OC)cc(OC)n1)C(C)(C)C#N. The fourth-order valence-electron chi connectivity index (χ4n) is 1.42. The van der Waals surface area contributed by atoms with Crippen molar-refractivity contribution in [1.29, 1.82) is 5.26 Å². The summed E-state index contributed by atoms with van der Waals surface area (Å²) in [6.45, 7) is 5.43. The highest BCUT2D eigenvalue weighted by molar-refractivity contribution is 5.23. The molecule has 6 heteroatoms. The van der Waals surface area contributed by atoms with Crippen LogP contribution in [0, 0.1) is 16.7 Å². The Morgan fingerprint density at radius 3 is 2.20 bits per heavy atom. The number of rotatable bonds is 6. The van der Waals surface area contributed by atoms with Crippen LogP contribution in [0.5, 0.6) is 17.8 Å². The van der Waals surface area contributed by atoms with Crippen molar-refractivity contribution in [2.45, 2.75) is 26.9 Å². The van der Waals surface area contributed by atoms with Crippen molar-refractivity contribution in [1.82, 2.24) is 9.97 Å². The molecule has 0 saturated heterocycles. The van der Waals surface area contributed by atoms with Crippen LogP contribution in [-0.2, 0) is 0 Å². The maximum atomic E-state index is 9.22. The van der Waals surface area contributed by atoms with Crippen LogP contribution in [0.2, 0.25) is 0 Å². The number of nitriles is 1. The zero-order valence-corrected chi connectivity index (χ0v) is 12.4. The lowest BCUT2D eigenvalue weighted by molar-refractivity contribution is 0.139. The van der Waals surface area contributed by atoms with Gasteiger partial charge >= 0.3 is 6.01 Å². The van der Waals surface area contributed by atoms with E-state index in [-0.39, 0.29) is 6.01 Å². The third-order valence-corrected chi connectivity index (χ3v) is 2.68. The van der Waals surface area contributed by atoms with Gasteiger partial charge in [-0.2, -0.15) is 15.2 Å². The van der Waals surface area contributed by atoms with Crippen molar-refractivity contribution in [3.05, 3.63) is 18.2 Å². The molecule has 0 radical (unpaired) electrons. The summed E-state index contributed by atoms with van der Waals surface area (Å²) in [5.74, 6) is 0.668. The van der Waals surface area contributed by atoms with Gasteiger partial charge in [0, 0.05) is 0 Å². The Labute approximate surface area is 119 Å². The van der Waals surface area contributed by atoms with E-state index in [1.807, 2.05) is 13.0 Å². The first-order valence-corrected chi connectivity index (χ1v) is 6.14. The van der Waals surface area contributed by atoms with E-state index < -0.39 is 11.5 Å². The lowest BCUT2D eigenvalue weighted by Gasteiger charge is -2.25. The highest BCUT2D eigenvalue weighted by atomic mass is 16.5. The first-order chi connectivity index (χ1) is 9.46. The molecule has 108 valence electrons. The zero-order valence-electron chi connectivity index (χ0n) is 12.4. The summed E-state index contributed by atoms with van der Waals surface area (Å²) < 4.78 is 15.8. The van der Waals surface area contributed by atoms with Gasteiger partial charge in [-0.15, -0.1) is 0 Å². The average molecular weight is 277 g/mol. The van der Waals surface area contributed by atoms with Crippen molar-refractivity contribution in [3.8, 4) is 23.8 Å². The summed E-state index contributed by atoms with van der Waals surface area (Å²) in [6.07, 6.45) is 3.13. The van der Waals surface area contributed by atoms with Crippen molar-refractivity contribution in [3.63, 3.8) is 0 Å². The molecular formula is C14H19N3O3. The average Bonchev–Trinajstić information content (AvgIpc) is 2.46. The standard InChI is InChI=1S/C14H19N3O3/c1-6-7-10(14(2,3)9-15)20-13-16-11(18-4)8-12(17-13)19-5/h6-8,10H,1-5H3. The van der Waals surface area contributed by atoms with Gasteiger partial charge in [-0.3, -0.25) is 0 Å². The maximum absolute atomic E-state index is 9.22. The molecule has 0 aliphatic carbocycles. The normalized spacial score (nSPS) is 12.8. The molecular weight excluding hydrogens is 258 g/mol. The predicted molar refractivity (Wildman–Crippen MR) is 73.8 cm³/mol. The molecule has 0 aliphatic rings. The molecule has 0 bridgehead atoms. The molecule has 1 unspecified atom stereocenters. The molecule has 0 aromatic carbocycles. The molecule has 1 heterocycles. The second-order valence-electron chi connectivity index (χ2n) is 4.63. The van der Waals surface area contributed by atoms with Crippen LogP contribution >= 0.6 is 0 Å². The summed E-state index contributed by atoms with van der Waals surface area (Å²) in [5, 5.41) is 9.22. The number of methoxy groups -OCH3 is 2. The van der Waals surface area contributed by atoms with Gasteiger partial charge in [0.15, 0.2) is 0 Å². The number of hydrogen-bond acceptors (Lipinski definition) is 6. The lowest BCUT2D eigenvalue weighted by Crippen LogP contribution is -2.32. The third-order valence-electron chi connectivity index (χ3n) is 2.68. The number of ether oxygens (including phenoxy) is 3. The number of hydrogen-bond donors (Lipinski definition) is 0. The van der Waals surface area contributed by atoms with Gasteiger partial charge in [-0.1, -0.05) is 6.08 Å². The van der Waals surface area contributed by atoms with Crippen molar-refractivity contribution < 1.29 is 14.2 Å². The summed E-state index contributed by atoms with van der Waals surface area (Å²) in [4.78, 5) is 8.18. The molecule has 0 saturated carbocycles. The van der Waals surface area contributed by atoms with Gasteiger partial charge in [0.2, 0.25) is 11.8 Å². The van der Waals surface area contributed by atoms with E-state index in [1.54, 1.807) is 26.0 Å². The summed E-state index contributed by atoms with van der Waals surface area (Å²) >= 11 is 0. The van der Waals surface area contributed by atoms with E-state index in [1.165, 1.54) is 14.2 Å². The van der Waals surface area contributed by atoms with Crippen LogP contribution < -0.4 is 14.2 Å². The molecule has 0 spiro atoms. The van der Waals surface area contributed by atoms with Gasteiger partial charge in [-0.05, 0) is 26.8 Å². The van der Waals surface area contributed by atoms with E-state index in [2.05, 4.69) is 16.0 Å². The molecule has 1 aromatic rings. The molecule has 1 atom stereocenters. The number of nitrogens with zero attached hydrogens (tertiary/aromatic N) is 3. The Kier molecular flexibility index (Phi) is 5.32. The summed E-state index contributed by atoms with van der Waals surface area (Å²) in [7, 11) is 2.99. The number of aromatic nitrogens is 2. The van der Waals surface area contributed by atoms with Gasteiger partial charge in [0.1, 0.15) is 6.10 Å². The minimum Gasteiger partial charge on any atom is -0.481 e. The Balaban J connectivity index is 3.08. The van der Waals surface area contributed by atoms with Gasteiger partial charge in [-0.25, -0.2) is 0 Å². The molecule has 20 heavy (non-hydrogen) atoms. The third kappa shape index (κ3) is 3.85. The van der Waals surface area contributed by atoms with Crippen LogP contribution in [-0.4, -0.2) is 30.3 Å². The smallest absolute Gasteiger partial charge is 0.323 e.